The summed E-state index contributed by atoms with van der Waals surface area (Å²) in [6.07, 6.45) is -4.38. The van der Waals surface area contributed by atoms with Crippen molar-refractivity contribution in [1.82, 2.24) is 14.0 Å². The standard InChI is InChI=1S/C22H14BrF3N4O3/c23-13-3-1-2-11(6-13)19(31)28-10-15-8-17(28)18-20(32)30(21(33)29(15)18)14-5-4-12(9-27)16(7-14)22(24,25)26/h1-7,15,17,32H,8,10H2/t15-,17?/m1/s1. The maximum absolute atomic E-state index is 13.4. The summed E-state index contributed by atoms with van der Waals surface area (Å²) in [4.78, 5) is 27.7. The summed E-state index contributed by atoms with van der Waals surface area (Å²) in [5.41, 5.74) is -2.06. The fourth-order valence-corrected chi connectivity index (χ4v) is 5.09. The highest BCUT2D eigenvalue weighted by molar-refractivity contribution is 9.10. The number of imidazole rings is 1. The molecule has 1 N–H and O–H groups in total. The zero-order valence-corrected chi connectivity index (χ0v) is 18.3. The van der Waals surface area contributed by atoms with E-state index >= 15 is 0 Å². The number of hydrogen-bond donors (Lipinski definition) is 1. The average Bonchev–Trinajstić information content (AvgIpc) is 3.43. The zero-order chi connectivity index (χ0) is 23.7. The number of hydrogen-bond acceptors (Lipinski definition) is 4. The van der Waals surface area contributed by atoms with Crippen LogP contribution in [0, 0.1) is 11.3 Å². The molecule has 2 aliphatic heterocycles. The maximum Gasteiger partial charge on any atom is 0.417 e. The molecule has 1 fully saturated rings. The van der Waals surface area contributed by atoms with Crippen molar-refractivity contribution in [2.75, 3.05) is 6.54 Å². The van der Waals surface area contributed by atoms with E-state index < -0.39 is 41.0 Å². The Labute approximate surface area is 193 Å². The van der Waals surface area contributed by atoms with Gasteiger partial charge < -0.3 is 10.0 Å². The number of amides is 1. The lowest BCUT2D eigenvalue weighted by Crippen LogP contribution is -2.37. The largest absolute Gasteiger partial charge is 0.493 e. The lowest BCUT2D eigenvalue weighted by molar-refractivity contribution is -0.137. The van der Waals surface area contributed by atoms with Crippen LogP contribution >= 0.6 is 15.9 Å². The van der Waals surface area contributed by atoms with Crippen molar-refractivity contribution in [3.63, 3.8) is 0 Å². The minimum atomic E-state index is -4.81. The molecule has 0 spiro atoms. The van der Waals surface area contributed by atoms with Crippen LogP contribution in [0.3, 0.4) is 0 Å². The molecule has 7 nitrogen and oxygen atoms in total. The van der Waals surface area contributed by atoms with Gasteiger partial charge in [-0.1, -0.05) is 22.0 Å². The van der Waals surface area contributed by atoms with Gasteiger partial charge in [-0.05, 0) is 42.8 Å². The van der Waals surface area contributed by atoms with Crippen LogP contribution in [0.15, 0.2) is 51.7 Å². The molecule has 2 bridgehead atoms. The van der Waals surface area contributed by atoms with Crippen LogP contribution in [0.1, 0.15) is 45.7 Å². The number of rotatable bonds is 2. The molecule has 5 rings (SSSR count). The molecule has 3 heterocycles. The van der Waals surface area contributed by atoms with Crippen molar-refractivity contribution >= 4 is 21.8 Å². The molecule has 0 aliphatic carbocycles. The lowest BCUT2D eigenvalue weighted by Gasteiger charge is -2.27. The van der Waals surface area contributed by atoms with E-state index in [4.69, 9.17) is 5.26 Å². The van der Waals surface area contributed by atoms with Gasteiger partial charge >= 0.3 is 11.9 Å². The van der Waals surface area contributed by atoms with Crippen molar-refractivity contribution in [2.45, 2.75) is 24.7 Å². The van der Waals surface area contributed by atoms with Crippen LogP contribution in [-0.2, 0) is 6.18 Å². The van der Waals surface area contributed by atoms with E-state index in [2.05, 4.69) is 15.9 Å². The first kappa shape index (κ1) is 21.3. The van der Waals surface area contributed by atoms with Gasteiger partial charge in [0.25, 0.3) is 5.91 Å². The molecule has 2 aliphatic rings. The second-order valence-electron chi connectivity index (χ2n) is 7.91. The second kappa shape index (κ2) is 7.25. The number of benzene rings is 2. The van der Waals surface area contributed by atoms with Crippen LogP contribution in [0.4, 0.5) is 13.2 Å². The highest BCUT2D eigenvalue weighted by Crippen LogP contribution is 2.49. The van der Waals surface area contributed by atoms with E-state index in [1.165, 1.54) is 16.7 Å². The van der Waals surface area contributed by atoms with Crippen molar-refractivity contribution in [3.8, 4) is 17.6 Å². The molecule has 1 saturated heterocycles. The third kappa shape index (κ3) is 3.16. The fourth-order valence-electron chi connectivity index (χ4n) is 4.69. The van der Waals surface area contributed by atoms with Gasteiger partial charge in [0.1, 0.15) is 5.69 Å². The van der Waals surface area contributed by atoms with Gasteiger partial charge in [0.05, 0.1) is 35.0 Å². The minimum Gasteiger partial charge on any atom is -0.493 e. The minimum absolute atomic E-state index is 0.192. The van der Waals surface area contributed by atoms with Crippen LogP contribution in [0.25, 0.3) is 5.69 Å². The van der Waals surface area contributed by atoms with E-state index in [0.29, 0.717) is 18.1 Å². The molecule has 1 unspecified atom stereocenters. The second-order valence-corrected chi connectivity index (χ2v) is 8.83. The van der Waals surface area contributed by atoms with Gasteiger partial charge in [-0.15, -0.1) is 0 Å². The number of likely N-dealkylation sites (tertiary alicyclic amines) is 1. The Kier molecular flexibility index (Phi) is 4.68. The number of halogens is 4. The summed E-state index contributed by atoms with van der Waals surface area (Å²) in [6, 6.07) is 10.1. The Morgan fingerprint density at radius 3 is 2.64 bits per heavy atom. The Morgan fingerprint density at radius 2 is 1.97 bits per heavy atom. The molecule has 3 aromatic rings. The number of aromatic nitrogens is 2. The van der Waals surface area contributed by atoms with Gasteiger partial charge in [0, 0.05) is 16.6 Å². The van der Waals surface area contributed by atoms with E-state index in [-0.39, 0.29) is 23.8 Å². The van der Waals surface area contributed by atoms with E-state index in [1.54, 1.807) is 29.2 Å². The summed E-state index contributed by atoms with van der Waals surface area (Å²) in [5.74, 6) is -0.788. The summed E-state index contributed by atoms with van der Waals surface area (Å²) in [6.45, 7) is 0.244. The van der Waals surface area contributed by atoms with Gasteiger partial charge in [0.2, 0.25) is 5.88 Å². The highest BCUT2D eigenvalue weighted by atomic mass is 79.9. The van der Waals surface area contributed by atoms with Gasteiger partial charge in [-0.3, -0.25) is 9.36 Å². The lowest BCUT2D eigenvalue weighted by atomic mass is 10.1. The van der Waals surface area contributed by atoms with Crippen LogP contribution in [-0.4, -0.2) is 31.6 Å². The summed E-state index contributed by atoms with van der Waals surface area (Å²) in [7, 11) is 0. The van der Waals surface area contributed by atoms with Gasteiger partial charge in [-0.25, -0.2) is 9.36 Å². The van der Waals surface area contributed by atoms with E-state index in [9.17, 15) is 27.9 Å². The fraction of sp³-hybridized carbons (Fsp3) is 0.227. The number of nitrogens with zero attached hydrogens (tertiary/aromatic N) is 4. The maximum atomic E-state index is 13.4. The molecule has 1 aromatic heterocycles. The SMILES string of the molecule is N#Cc1ccc(-n2c(O)c3n(c2=O)[C@@H]2CC3N(C(=O)c3cccc(Br)c3)C2)cc1C(F)(F)F. The molecule has 11 heteroatoms. The molecular formula is C22H14BrF3N4O3. The van der Waals surface area contributed by atoms with Crippen LogP contribution in [0.2, 0.25) is 0 Å². The molecule has 0 saturated carbocycles. The normalized spacial score (nSPS) is 18.9. The first-order valence-corrected chi connectivity index (χ1v) is 10.7. The van der Waals surface area contributed by atoms with Crippen molar-refractivity contribution in [3.05, 3.63) is 79.8 Å². The van der Waals surface area contributed by atoms with Crippen molar-refractivity contribution in [1.29, 1.82) is 5.26 Å². The monoisotopic (exact) mass is 518 g/mol. The molecular weight excluding hydrogens is 505 g/mol. The average molecular weight is 519 g/mol. The van der Waals surface area contributed by atoms with Gasteiger partial charge in [-0.2, -0.15) is 18.4 Å². The van der Waals surface area contributed by atoms with E-state index in [0.717, 1.165) is 15.1 Å². The number of carbonyl (C=O) groups excluding carboxylic acids is 1. The zero-order valence-electron chi connectivity index (χ0n) is 16.7. The highest BCUT2D eigenvalue weighted by Gasteiger charge is 2.49. The molecule has 168 valence electrons. The van der Waals surface area contributed by atoms with Crippen molar-refractivity contribution in [2.24, 2.45) is 0 Å². The number of fused-ring (bicyclic) bond motifs is 5. The molecule has 2 aromatic carbocycles. The number of nitriles is 1. The van der Waals surface area contributed by atoms with Crippen molar-refractivity contribution < 1.29 is 23.1 Å². The van der Waals surface area contributed by atoms with Crippen LogP contribution in [0.5, 0.6) is 5.88 Å². The Bertz CT molecular complexity index is 1420. The summed E-state index contributed by atoms with van der Waals surface area (Å²) in [5, 5.41) is 19.9. The smallest absolute Gasteiger partial charge is 0.417 e. The number of carbonyl (C=O) groups is 1. The third-order valence-corrected chi connectivity index (χ3v) is 6.57. The third-order valence-electron chi connectivity index (χ3n) is 6.08. The summed E-state index contributed by atoms with van der Waals surface area (Å²) >= 11 is 3.33. The molecule has 33 heavy (non-hydrogen) atoms. The molecule has 2 atom stereocenters. The van der Waals surface area contributed by atoms with E-state index in [1.807, 2.05) is 0 Å². The molecule has 0 radical (unpaired) electrons. The Morgan fingerprint density at radius 1 is 1.21 bits per heavy atom. The Balaban J connectivity index is 1.58. The first-order valence-electron chi connectivity index (χ1n) is 9.86. The topological polar surface area (TPSA) is 91.3 Å². The predicted octanol–water partition coefficient (Wildman–Crippen LogP) is 4.14. The summed E-state index contributed by atoms with van der Waals surface area (Å²) < 4.78 is 43.1. The number of aromatic hydroxyl groups is 1. The van der Waals surface area contributed by atoms with Crippen LogP contribution < -0.4 is 5.69 Å². The molecule has 1 amide bonds. The first-order chi connectivity index (χ1) is 15.6. The Hall–Kier alpha value is -3.52. The predicted molar refractivity (Wildman–Crippen MR) is 113 cm³/mol. The van der Waals surface area contributed by atoms with Gasteiger partial charge in [0.15, 0.2) is 0 Å². The quantitative estimate of drug-likeness (QED) is 0.551. The number of alkyl halides is 3.